The molecule has 0 saturated heterocycles. The second-order valence-corrected chi connectivity index (χ2v) is 17.4. The Morgan fingerprint density at radius 3 is 0.938 bits per heavy atom. The molecule has 4 aliphatic rings. The van der Waals surface area contributed by atoms with Crippen molar-refractivity contribution in [3.63, 3.8) is 0 Å². The summed E-state index contributed by atoms with van der Waals surface area (Å²) in [5.74, 6) is 3.66. The number of carbonyl (C=O) groups excluding carboxylic acids is 3. The monoisotopic (exact) mass is 667 g/mol. The van der Waals surface area contributed by atoms with Gasteiger partial charge >= 0.3 is 0 Å². The third-order valence-corrected chi connectivity index (χ3v) is 14.9. The molecule has 2 atom stereocenters. The van der Waals surface area contributed by atoms with E-state index >= 15 is 4.79 Å². The van der Waals surface area contributed by atoms with Gasteiger partial charge in [0.2, 0.25) is 0 Å². The first-order valence-corrected chi connectivity index (χ1v) is 22.0. The number of hydrogen-bond donors (Lipinski definition) is 0. The fourth-order valence-corrected chi connectivity index (χ4v) is 12.4. The van der Waals surface area contributed by atoms with E-state index in [9.17, 15) is 9.59 Å². The summed E-state index contributed by atoms with van der Waals surface area (Å²) in [7, 11) is 0. The summed E-state index contributed by atoms with van der Waals surface area (Å²) in [6, 6.07) is 0. The minimum absolute atomic E-state index is 0.106. The van der Waals surface area contributed by atoms with Crippen molar-refractivity contribution < 1.29 is 14.4 Å². The summed E-state index contributed by atoms with van der Waals surface area (Å²) in [5.41, 5.74) is -0.602. The predicted molar refractivity (Wildman–Crippen MR) is 202 cm³/mol. The highest BCUT2D eigenvalue weighted by Crippen LogP contribution is 2.62. The van der Waals surface area contributed by atoms with Crippen LogP contribution in [0.3, 0.4) is 0 Å². The van der Waals surface area contributed by atoms with Crippen LogP contribution in [-0.2, 0) is 14.4 Å². The first-order valence-electron chi connectivity index (χ1n) is 22.0. The molecule has 2 unspecified atom stereocenters. The standard InChI is InChI=1S/C45H78O3/c1-5-21-35(41(46)7-3)31-33-44(37-23-13-9-14-24-37,38-25-15-10-16-26-38)43(48)45(39-27-17-11-18-28-39,40-29-19-12-20-30-40)34-32-36(22-6-2)42(47)8-4/h35-40H,5-34H2,1-4H3. The second kappa shape index (κ2) is 20.2. The number of rotatable bonds is 20. The van der Waals surface area contributed by atoms with Gasteiger partial charge in [-0.25, -0.2) is 0 Å². The van der Waals surface area contributed by atoms with E-state index in [1.165, 1.54) is 128 Å². The van der Waals surface area contributed by atoms with Crippen LogP contribution in [-0.4, -0.2) is 17.3 Å². The Bertz CT molecular complexity index is 845. The van der Waals surface area contributed by atoms with Crippen molar-refractivity contribution in [3.05, 3.63) is 0 Å². The largest absolute Gasteiger partial charge is 0.299 e. The molecule has 3 nitrogen and oxygen atoms in total. The maximum Gasteiger partial charge on any atom is 0.146 e. The van der Waals surface area contributed by atoms with Gasteiger partial charge in [-0.3, -0.25) is 14.4 Å². The van der Waals surface area contributed by atoms with E-state index in [1.54, 1.807) is 0 Å². The van der Waals surface area contributed by atoms with Crippen LogP contribution in [0, 0.1) is 46.3 Å². The van der Waals surface area contributed by atoms with E-state index in [-0.39, 0.29) is 22.7 Å². The molecule has 0 aromatic rings. The zero-order valence-corrected chi connectivity index (χ0v) is 32.4. The smallest absolute Gasteiger partial charge is 0.146 e. The topological polar surface area (TPSA) is 51.2 Å². The molecule has 0 amide bonds. The van der Waals surface area contributed by atoms with Crippen LogP contribution in [0.1, 0.15) is 220 Å². The lowest BCUT2D eigenvalue weighted by atomic mass is 9.45. The molecule has 0 aliphatic heterocycles. The fraction of sp³-hybridized carbons (Fsp3) is 0.933. The summed E-state index contributed by atoms with van der Waals surface area (Å²) < 4.78 is 0. The van der Waals surface area contributed by atoms with Crippen molar-refractivity contribution >= 4 is 17.3 Å². The first kappa shape index (κ1) is 39.8. The maximum atomic E-state index is 16.9. The Labute approximate surface area is 297 Å². The fourth-order valence-electron chi connectivity index (χ4n) is 12.4. The van der Waals surface area contributed by atoms with Crippen molar-refractivity contribution in [1.82, 2.24) is 0 Å². The van der Waals surface area contributed by atoms with Crippen molar-refractivity contribution in [1.29, 1.82) is 0 Å². The van der Waals surface area contributed by atoms with Gasteiger partial charge in [0.15, 0.2) is 0 Å². The average Bonchev–Trinajstić information content (AvgIpc) is 3.15. The van der Waals surface area contributed by atoms with E-state index in [1.807, 2.05) is 13.8 Å². The molecule has 4 saturated carbocycles. The van der Waals surface area contributed by atoms with Gasteiger partial charge in [-0.1, -0.05) is 118 Å². The molecule has 4 fully saturated rings. The maximum absolute atomic E-state index is 16.9. The molecule has 276 valence electrons. The Morgan fingerprint density at radius 2 is 0.708 bits per heavy atom. The van der Waals surface area contributed by atoms with Crippen molar-refractivity contribution in [2.24, 2.45) is 46.3 Å². The van der Waals surface area contributed by atoms with E-state index in [0.29, 0.717) is 53.9 Å². The zero-order valence-electron chi connectivity index (χ0n) is 32.4. The molecular weight excluding hydrogens is 588 g/mol. The minimum atomic E-state index is -0.301. The van der Waals surface area contributed by atoms with Crippen molar-refractivity contribution in [3.8, 4) is 0 Å². The molecule has 0 aromatic carbocycles. The SMILES string of the molecule is CCCC(CCC(C(=O)C(CCC(CCC)C(=O)CC)(C1CCCCC1)C1CCCCC1)(C1CCCCC1)C1CCCCC1)C(=O)CC. The van der Waals surface area contributed by atoms with E-state index in [2.05, 4.69) is 13.8 Å². The third-order valence-electron chi connectivity index (χ3n) is 14.9. The summed E-state index contributed by atoms with van der Waals surface area (Å²) in [4.78, 5) is 43.8. The lowest BCUT2D eigenvalue weighted by Crippen LogP contribution is -2.58. The number of ketones is 3. The number of hydrogen-bond acceptors (Lipinski definition) is 3. The molecule has 4 rings (SSSR count). The van der Waals surface area contributed by atoms with Gasteiger partial charge in [0.05, 0.1) is 0 Å². The van der Waals surface area contributed by atoms with Gasteiger partial charge in [0.1, 0.15) is 17.3 Å². The third kappa shape index (κ3) is 9.26. The Morgan fingerprint density at radius 1 is 0.438 bits per heavy atom. The summed E-state index contributed by atoms with van der Waals surface area (Å²) in [5, 5.41) is 0. The summed E-state index contributed by atoms with van der Waals surface area (Å²) in [6.07, 6.45) is 34.1. The van der Waals surface area contributed by atoms with Gasteiger partial charge in [-0.05, 0) is 114 Å². The van der Waals surface area contributed by atoms with Crippen molar-refractivity contribution in [2.75, 3.05) is 0 Å². The Hall–Kier alpha value is -0.990. The van der Waals surface area contributed by atoms with E-state index < -0.39 is 0 Å². The van der Waals surface area contributed by atoms with Crippen LogP contribution in [0.4, 0.5) is 0 Å². The van der Waals surface area contributed by atoms with E-state index in [4.69, 9.17) is 0 Å². The number of Topliss-reactive ketones (excluding diaryl/α,β-unsaturated/α-hetero) is 3. The lowest BCUT2D eigenvalue weighted by molar-refractivity contribution is -0.164. The van der Waals surface area contributed by atoms with Crippen LogP contribution in [0.15, 0.2) is 0 Å². The van der Waals surface area contributed by atoms with Gasteiger partial charge in [0, 0.05) is 35.5 Å². The van der Waals surface area contributed by atoms with Gasteiger partial charge in [0.25, 0.3) is 0 Å². The quantitative estimate of drug-likeness (QED) is 0.130. The molecule has 48 heavy (non-hydrogen) atoms. The highest BCUT2D eigenvalue weighted by molar-refractivity contribution is 5.92. The predicted octanol–water partition coefficient (Wildman–Crippen LogP) is 13.2. The second-order valence-electron chi connectivity index (χ2n) is 17.4. The number of carbonyl (C=O) groups is 3. The summed E-state index contributed by atoms with van der Waals surface area (Å²) >= 11 is 0. The lowest BCUT2D eigenvalue weighted by Gasteiger charge is -2.57. The first-order chi connectivity index (χ1) is 23.4. The molecule has 0 heterocycles. The summed E-state index contributed by atoms with van der Waals surface area (Å²) in [6.45, 7) is 8.57. The Kier molecular flexibility index (Phi) is 16.7. The van der Waals surface area contributed by atoms with Crippen LogP contribution < -0.4 is 0 Å². The van der Waals surface area contributed by atoms with Crippen molar-refractivity contribution in [2.45, 2.75) is 220 Å². The highest BCUT2D eigenvalue weighted by Gasteiger charge is 2.61. The molecule has 0 N–H and O–H groups in total. The molecular formula is C45H78O3. The average molecular weight is 667 g/mol. The molecule has 0 aromatic heterocycles. The molecule has 0 bridgehead atoms. The van der Waals surface area contributed by atoms with Gasteiger partial charge < -0.3 is 0 Å². The molecule has 3 heteroatoms. The normalized spacial score (nSPS) is 22.8. The van der Waals surface area contributed by atoms with Gasteiger partial charge in [-0.15, -0.1) is 0 Å². The van der Waals surface area contributed by atoms with Crippen LogP contribution in [0.2, 0.25) is 0 Å². The Balaban J connectivity index is 1.91. The zero-order chi connectivity index (χ0) is 34.4. The molecule has 4 aliphatic carbocycles. The van der Waals surface area contributed by atoms with E-state index in [0.717, 1.165) is 51.4 Å². The van der Waals surface area contributed by atoms with Crippen LogP contribution in [0.5, 0.6) is 0 Å². The van der Waals surface area contributed by atoms with Gasteiger partial charge in [-0.2, -0.15) is 0 Å². The molecule has 0 spiro atoms. The van der Waals surface area contributed by atoms with Crippen LogP contribution in [0.25, 0.3) is 0 Å². The molecule has 0 radical (unpaired) electrons. The van der Waals surface area contributed by atoms with Crippen LogP contribution >= 0.6 is 0 Å². The minimum Gasteiger partial charge on any atom is -0.299 e. The highest BCUT2D eigenvalue weighted by atomic mass is 16.1.